The van der Waals surface area contributed by atoms with Crippen LogP contribution in [-0.4, -0.2) is 19.9 Å². The van der Waals surface area contributed by atoms with Gasteiger partial charge < -0.3 is 9.26 Å². The highest BCUT2D eigenvalue weighted by Gasteiger charge is 2.24. The van der Waals surface area contributed by atoms with E-state index in [4.69, 9.17) is 20.9 Å². The van der Waals surface area contributed by atoms with E-state index in [1.54, 1.807) is 0 Å². The summed E-state index contributed by atoms with van der Waals surface area (Å²) in [5.74, 6) is 0.960. The quantitative estimate of drug-likeness (QED) is 0.499. The second-order valence-electron chi connectivity index (χ2n) is 6.85. The minimum atomic E-state index is -0.0666. The Hall–Kier alpha value is -2.96. The predicted octanol–water partition coefficient (Wildman–Crippen LogP) is 4.83. The molecule has 6 nitrogen and oxygen atoms in total. The second-order valence-corrected chi connectivity index (χ2v) is 7.28. The summed E-state index contributed by atoms with van der Waals surface area (Å²) in [5, 5.41) is 9.47. The molecule has 0 radical (unpaired) electrons. The third-order valence-electron chi connectivity index (χ3n) is 4.80. The maximum absolute atomic E-state index is 6.00. The van der Waals surface area contributed by atoms with Gasteiger partial charge in [0.15, 0.2) is 5.69 Å². The molecule has 0 bridgehead atoms. The van der Waals surface area contributed by atoms with Crippen molar-refractivity contribution in [3.05, 3.63) is 76.4 Å². The van der Waals surface area contributed by atoms with Crippen LogP contribution in [0.4, 0.5) is 0 Å². The fraction of sp³-hybridized carbons (Fsp3) is 0.190. The van der Waals surface area contributed by atoms with Crippen LogP contribution in [0.25, 0.3) is 23.0 Å². The van der Waals surface area contributed by atoms with E-state index >= 15 is 0 Å². The molecule has 1 atom stereocenters. The predicted molar refractivity (Wildman–Crippen MR) is 105 cm³/mol. The zero-order valence-corrected chi connectivity index (χ0v) is 15.9. The summed E-state index contributed by atoms with van der Waals surface area (Å²) in [6.45, 7) is 3.13. The number of ether oxygens (including phenoxy) is 1. The first-order chi connectivity index (χ1) is 13.7. The van der Waals surface area contributed by atoms with Gasteiger partial charge in [-0.15, -0.1) is 0 Å². The SMILES string of the molecule is Cc1cccc(-c2noc(-c3cc4n(n3)C[C@H](c3ccc(Cl)cc3)OC4)n2)c1. The maximum atomic E-state index is 6.00. The fourth-order valence-electron chi connectivity index (χ4n) is 3.34. The molecule has 140 valence electrons. The molecule has 0 aliphatic carbocycles. The van der Waals surface area contributed by atoms with Crippen molar-refractivity contribution in [2.45, 2.75) is 26.2 Å². The summed E-state index contributed by atoms with van der Waals surface area (Å²) in [6, 6.07) is 17.6. The zero-order valence-electron chi connectivity index (χ0n) is 15.2. The Morgan fingerprint density at radius 2 is 1.96 bits per heavy atom. The van der Waals surface area contributed by atoms with Crippen LogP contribution in [0.2, 0.25) is 5.02 Å². The van der Waals surface area contributed by atoms with Crippen molar-refractivity contribution in [1.29, 1.82) is 0 Å². The Kier molecular flexibility index (Phi) is 4.22. The number of hydrogen-bond donors (Lipinski definition) is 0. The van der Waals surface area contributed by atoms with Crippen LogP contribution in [0.5, 0.6) is 0 Å². The average Bonchev–Trinajstić information content (AvgIpc) is 3.35. The van der Waals surface area contributed by atoms with Crippen LogP contribution < -0.4 is 0 Å². The van der Waals surface area contributed by atoms with Crippen molar-refractivity contribution < 1.29 is 9.26 Å². The first kappa shape index (κ1) is 17.2. The van der Waals surface area contributed by atoms with Gasteiger partial charge in [0, 0.05) is 10.6 Å². The minimum absolute atomic E-state index is 0.0666. The molecule has 5 rings (SSSR count). The van der Waals surface area contributed by atoms with Crippen molar-refractivity contribution in [1.82, 2.24) is 19.9 Å². The van der Waals surface area contributed by atoms with Gasteiger partial charge in [0.05, 0.1) is 18.8 Å². The molecule has 4 aromatic rings. The lowest BCUT2D eigenvalue weighted by atomic mass is 10.1. The van der Waals surface area contributed by atoms with E-state index < -0.39 is 0 Å². The molecule has 0 fully saturated rings. The number of aromatic nitrogens is 4. The molecule has 0 N–H and O–H groups in total. The Labute approximate surface area is 166 Å². The second kappa shape index (κ2) is 6.89. The molecule has 2 aromatic heterocycles. The van der Waals surface area contributed by atoms with Crippen molar-refractivity contribution in [3.8, 4) is 23.0 Å². The summed E-state index contributed by atoms with van der Waals surface area (Å²) in [6.07, 6.45) is -0.0666. The first-order valence-corrected chi connectivity index (χ1v) is 9.38. The monoisotopic (exact) mass is 392 g/mol. The highest BCUT2D eigenvalue weighted by Crippen LogP contribution is 2.30. The number of halogens is 1. The summed E-state index contributed by atoms with van der Waals surface area (Å²) in [7, 11) is 0. The molecule has 7 heteroatoms. The van der Waals surface area contributed by atoms with Gasteiger partial charge in [-0.1, -0.05) is 52.7 Å². The zero-order chi connectivity index (χ0) is 19.1. The smallest absolute Gasteiger partial charge is 0.278 e. The molecule has 0 spiro atoms. The summed E-state index contributed by atoms with van der Waals surface area (Å²) < 4.78 is 13.4. The van der Waals surface area contributed by atoms with E-state index in [2.05, 4.69) is 15.2 Å². The van der Waals surface area contributed by atoms with Crippen molar-refractivity contribution in [2.75, 3.05) is 0 Å². The summed E-state index contributed by atoms with van der Waals surface area (Å²) in [5.41, 5.74) is 4.78. The Balaban J connectivity index is 1.40. The average molecular weight is 393 g/mol. The Morgan fingerprint density at radius 1 is 1.11 bits per heavy atom. The molecule has 3 heterocycles. The molecule has 1 aliphatic rings. The van der Waals surface area contributed by atoms with Gasteiger partial charge >= 0.3 is 0 Å². The number of aryl methyl sites for hydroxylation is 1. The van der Waals surface area contributed by atoms with Gasteiger partial charge in [-0.2, -0.15) is 10.1 Å². The van der Waals surface area contributed by atoms with E-state index in [1.165, 1.54) is 0 Å². The van der Waals surface area contributed by atoms with Crippen LogP contribution in [0, 0.1) is 6.92 Å². The lowest BCUT2D eigenvalue weighted by Gasteiger charge is -2.24. The number of benzene rings is 2. The molecule has 0 saturated heterocycles. The molecule has 0 saturated carbocycles. The molecule has 0 amide bonds. The van der Waals surface area contributed by atoms with Crippen LogP contribution in [0.3, 0.4) is 0 Å². The third-order valence-corrected chi connectivity index (χ3v) is 5.05. The van der Waals surface area contributed by atoms with Crippen molar-refractivity contribution in [2.24, 2.45) is 0 Å². The largest absolute Gasteiger partial charge is 0.365 e. The van der Waals surface area contributed by atoms with Gasteiger partial charge in [0.2, 0.25) is 5.82 Å². The molecule has 0 unspecified atom stereocenters. The summed E-state index contributed by atoms with van der Waals surface area (Å²) >= 11 is 5.98. The van der Waals surface area contributed by atoms with Gasteiger partial charge in [0.25, 0.3) is 5.89 Å². The molecule has 28 heavy (non-hydrogen) atoms. The first-order valence-electron chi connectivity index (χ1n) is 9.00. The van der Waals surface area contributed by atoms with Crippen molar-refractivity contribution in [3.63, 3.8) is 0 Å². The molecule has 1 aliphatic heterocycles. The van der Waals surface area contributed by atoms with E-state index in [0.717, 1.165) is 22.4 Å². The van der Waals surface area contributed by atoms with Gasteiger partial charge in [-0.25, -0.2) is 0 Å². The number of fused-ring (bicyclic) bond motifs is 1. The van der Waals surface area contributed by atoms with Gasteiger partial charge in [-0.05, 0) is 36.8 Å². The topological polar surface area (TPSA) is 66.0 Å². The normalized spacial score (nSPS) is 16.1. The fourth-order valence-corrected chi connectivity index (χ4v) is 3.46. The van der Waals surface area contributed by atoms with Gasteiger partial charge in [0.1, 0.15) is 6.10 Å². The van der Waals surface area contributed by atoms with E-state index in [1.807, 2.05) is 66.2 Å². The molecular weight excluding hydrogens is 376 g/mol. The number of hydrogen-bond acceptors (Lipinski definition) is 5. The van der Waals surface area contributed by atoms with E-state index in [-0.39, 0.29) is 6.10 Å². The highest BCUT2D eigenvalue weighted by atomic mass is 35.5. The van der Waals surface area contributed by atoms with Crippen LogP contribution >= 0.6 is 11.6 Å². The number of rotatable bonds is 3. The maximum Gasteiger partial charge on any atom is 0.278 e. The van der Waals surface area contributed by atoms with Gasteiger partial charge in [-0.3, -0.25) is 4.68 Å². The minimum Gasteiger partial charge on any atom is -0.365 e. The van der Waals surface area contributed by atoms with E-state index in [9.17, 15) is 0 Å². The van der Waals surface area contributed by atoms with Crippen LogP contribution in [0.1, 0.15) is 22.9 Å². The lowest BCUT2D eigenvalue weighted by Crippen LogP contribution is -2.21. The molecule has 2 aromatic carbocycles. The third kappa shape index (κ3) is 3.21. The van der Waals surface area contributed by atoms with Crippen LogP contribution in [-0.2, 0) is 17.9 Å². The summed E-state index contributed by atoms with van der Waals surface area (Å²) in [4.78, 5) is 4.51. The highest BCUT2D eigenvalue weighted by molar-refractivity contribution is 6.30. The van der Waals surface area contributed by atoms with E-state index in [0.29, 0.717) is 35.6 Å². The Bertz CT molecular complexity index is 1130. The molecular formula is C21H17ClN4O2. The van der Waals surface area contributed by atoms with Crippen LogP contribution in [0.15, 0.2) is 59.1 Å². The lowest BCUT2D eigenvalue weighted by molar-refractivity contribution is -0.00112. The number of nitrogens with zero attached hydrogens (tertiary/aromatic N) is 4. The Morgan fingerprint density at radius 3 is 2.79 bits per heavy atom. The standard InChI is InChI=1S/C21H17ClN4O2/c1-13-3-2-4-15(9-13)20-23-21(28-25-20)18-10-17-12-27-19(11-26(17)24-18)14-5-7-16(22)8-6-14/h2-10,19H,11-12H2,1H3/t19-/m1/s1. The van der Waals surface area contributed by atoms with Crippen molar-refractivity contribution >= 4 is 11.6 Å².